The molecule has 0 spiro atoms. The molecule has 0 aromatic heterocycles. The van der Waals surface area contributed by atoms with Crippen molar-refractivity contribution in [1.82, 2.24) is 10.6 Å². The highest BCUT2D eigenvalue weighted by molar-refractivity contribution is 5.16. The van der Waals surface area contributed by atoms with Crippen LogP contribution in [0.3, 0.4) is 0 Å². The van der Waals surface area contributed by atoms with Crippen molar-refractivity contribution in [1.29, 1.82) is 0 Å². The summed E-state index contributed by atoms with van der Waals surface area (Å²) in [5.74, 6) is -0.177. The SMILES string of the molecule is Fc1ccc(CCNCC2CNCCO2)cc1. The van der Waals surface area contributed by atoms with E-state index in [0.717, 1.165) is 44.8 Å². The lowest BCUT2D eigenvalue weighted by Gasteiger charge is -2.23. The van der Waals surface area contributed by atoms with Crippen molar-refractivity contribution in [3.63, 3.8) is 0 Å². The van der Waals surface area contributed by atoms with Crippen LogP contribution in [0.25, 0.3) is 0 Å². The molecule has 94 valence electrons. The van der Waals surface area contributed by atoms with E-state index in [1.165, 1.54) is 12.1 Å². The molecule has 1 aliphatic rings. The summed E-state index contributed by atoms with van der Waals surface area (Å²) in [7, 11) is 0. The van der Waals surface area contributed by atoms with Crippen molar-refractivity contribution >= 4 is 0 Å². The summed E-state index contributed by atoms with van der Waals surface area (Å²) in [6.45, 7) is 4.43. The molecule has 0 amide bonds. The molecule has 2 N–H and O–H groups in total. The van der Waals surface area contributed by atoms with Gasteiger partial charge in [-0.2, -0.15) is 0 Å². The average molecular weight is 238 g/mol. The standard InChI is InChI=1S/C13H19FN2O/c14-12-3-1-11(2-4-12)5-6-15-9-13-10-16-7-8-17-13/h1-4,13,15-16H,5-10H2. The topological polar surface area (TPSA) is 33.3 Å². The summed E-state index contributed by atoms with van der Waals surface area (Å²) in [5.41, 5.74) is 1.15. The predicted molar refractivity (Wildman–Crippen MR) is 65.6 cm³/mol. The fraction of sp³-hybridized carbons (Fsp3) is 0.538. The van der Waals surface area contributed by atoms with Crippen LogP contribution in [0.4, 0.5) is 4.39 Å². The lowest BCUT2D eigenvalue weighted by atomic mass is 10.1. The number of halogens is 1. The Kier molecular flexibility index (Phi) is 4.91. The normalized spacial score (nSPS) is 20.4. The number of hydrogen-bond donors (Lipinski definition) is 2. The van der Waals surface area contributed by atoms with E-state index in [-0.39, 0.29) is 11.9 Å². The van der Waals surface area contributed by atoms with Crippen LogP contribution in [0.15, 0.2) is 24.3 Å². The summed E-state index contributed by atoms with van der Waals surface area (Å²) in [6, 6.07) is 6.67. The first-order chi connectivity index (χ1) is 8.34. The molecule has 4 heteroatoms. The maximum absolute atomic E-state index is 12.7. The zero-order valence-corrected chi connectivity index (χ0v) is 9.92. The van der Waals surface area contributed by atoms with Gasteiger partial charge < -0.3 is 15.4 Å². The van der Waals surface area contributed by atoms with Crippen molar-refractivity contribution in [3.05, 3.63) is 35.6 Å². The fourth-order valence-corrected chi connectivity index (χ4v) is 1.90. The molecule has 1 unspecified atom stereocenters. The maximum Gasteiger partial charge on any atom is 0.123 e. The van der Waals surface area contributed by atoms with Crippen LogP contribution < -0.4 is 10.6 Å². The van der Waals surface area contributed by atoms with Gasteiger partial charge in [0.1, 0.15) is 5.82 Å². The number of morpholine rings is 1. The van der Waals surface area contributed by atoms with Crippen molar-refractivity contribution in [2.45, 2.75) is 12.5 Å². The third kappa shape index (κ3) is 4.42. The third-order valence-corrected chi connectivity index (χ3v) is 2.88. The second-order valence-electron chi connectivity index (χ2n) is 4.28. The van der Waals surface area contributed by atoms with Gasteiger partial charge >= 0.3 is 0 Å². The van der Waals surface area contributed by atoms with Crippen LogP contribution in [-0.2, 0) is 11.2 Å². The molecular formula is C13H19FN2O. The molecule has 0 radical (unpaired) electrons. The number of nitrogens with one attached hydrogen (secondary N) is 2. The first kappa shape index (κ1) is 12.5. The molecule has 1 aromatic rings. The Morgan fingerprint density at radius 3 is 2.88 bits per heavy atom. The Hall–Kier alpha value is -0.970. The van der Waals surface area contributed by atoms with Crippen LogP contribution in [-0.4, -0.2) is 38.9 Å². The first-order valence-electron chi connectivity index (χ1n) is 6.12. The lowest BCUT2D eigenvalue weighted by Crippen LogP contribution is -2.44. The summed E-state index contributed by atoms with van der Waals surface area (Å²) in [6.07, 6.45) is 1.19. The average Bonchev–Trinajstić information content (AvgIpc) is 2.38. The van der Waals surface area contributed by atoms with Crippen molar-refractivity contribution in [3.8, 4) is 0 Å². The molecule has 1 atom stereocenters. The largest absolute Gasteiger partial charge is 0.374 e. The molecule has 0 aliphatic carbocycles. The first-order valence-corrected chi connectivity index (χ1v) is 6.12. The van der Waals surface area contributed by atoms with E-state index in [1.807, 2.05) is 12.1 Å². The monoisotopic (exact) mass is 238 g/mol. The number of benzene rings is 1. The highest BCUT2D eigenvalue weighted by atomic mass is 19.1. The van der Waals surface area contributed by atoms with E-state index in [0.29, 0.717) is 0 Å². The molecule has 1 aromatic carbocycles. The molecule has 1 fully saturated rings. The van der Waals surface area contributed by atoms with Crippen LogP contribution in [0.1, 0.15) is 5.56 Å². The van der Waals surface area contributed by atoms with Gasteiger partial charge in [0.15, 0.2) is 0 Å². The lowest BCUT2D eigenvalue weighted by molar-refractivity contribution is 0.0294. The Morgan fingerprint density at radius 2 is 2.18 bits per heavy atom. The second kappa shape index (κ2) is 6.69. The van der Waals surface area contributed by atoms with Crippen LogP contribution in [0.5, 0.6) is 0 Å². The minimum atomic E-state index is -0.177. The quantitative estimate of drug-likeness (QED) is 0.749. The van der Waals surface area contributed by atoms with E-state index in [2.05, 4.69) is 10.6 Å². The van der Waals surface area contributed by atoms with Gasteiger partial charge in [0.25, 0.3) is 0 Å². The molecule has 1 aliphatic heterocycles. The molecule has 0 saturated carbocycles. The molecular weight excluding hydrogens is 219 g/mol. The van der Waals surface area contributed by atoms with Gasteiger partial charge in [0.05, 0.1) is 12.7 Å². The summed E-state index contributed by atoms with van der Waals surface area (Å²) in [5, 5.41) is 6.65. The smallest absolute Gasteiger partial charge is 0.123 e. The number of hydrogen-bond acceptors (Lipinski definition) is 3. The van der Waals surface area contributed by atoms with E-state index in [1.54, 1.807) is 0 Å². The zero-order valence-electron chi connectivity index (χ0n) is 9.92. The molecule has 0 bridgehead atoms. The Labute approximate surface area is 101 Å². The van der Waals surface area contributed by atoms with Gasteiger partial charge in [-0.15, -0.1) is 0 Å². The van der Waals surface area contributed by atoms with Gasteiger partial charge in [-0.3, -0.25) is 0 Å². The van der Waals surface area contributed by atoms with E-state index in [4.69, 9.17) is 4.74 Å². The van der Waals surface area contributed by atoms with Crippen molar-refractivity contribution in [2.75, 3.05) is 32.8 Å². The van der Waals surface area contributed by atoms with Crippen molar-refractivity contribution < 1.29 is 9.13 Å². The fourth-order valence-electron chi connectivity index (χ4n) is 1.90. The Bertz CT molecular complexity index is 323. The van der Waals surface area contributed by atoms with Gasteiger partial charge in [-0.05, 0) is 30.7 Å². The Morgan fingerprint density at radius 1 is 1.35 bits per heavy atom. The van der Waals surface area contributed by atoms with Gasteiger partial charge in [-0.25, -0.2) is 4.39 Å². The Balaban J connectivity index is 1.60. The molecule has 17 heavy (non-hydrogen) atoms. The van der Waals surface area contributed by atoms with E-state index < -0.39 is 0 Å². The minimum absolute atomic E-state index is 0.177. The van der Waals surface area contributed by atoms with Gasteiger partial charge in [0.2, 0.25) is 0 Å². The second-order valence-corrected chi connectivity index (χ2v) is 4.28. The van der Waals surface area contributed by atoms with Crippen molar-refractivity contribution in [2.24, 2.45) is 0 Å². The molecule has 3 nitrogen and oxygen atoms in total. The van der Waals surface area contributed by atoms with Gasteiger partial charge in [0, 0.05) is 19.6 Å². The predicted octanol–water partition coefficient (Wildman–Crippen LogP) is 0.946. The molecule has 1 saturated heterocycles. The number of rotatable bonds is 5. The zero-order chi connectivity index (χ0) is 11.9. The van der Waals surface area contributed by atoms with E-state index >= 15 is 0 Å². The van der Waals surface area contributed by atoms with Crippen LogP contribution in [0.2, 0.25) is 0 Å². The van der Waals surface area contributed by atoms with Gasteiger partial charge in [-0.1, -0.05) is 12.1 Å². The maximum atomic E-state index is 12.7. The van der Waals surface area contributed by atoms with Crippen LogP contribution in [0, 0.1) is 5.82 Å². The summed E-state index contributed by atoms with van der Waals surface area (Å²) < 4.78 is 18.3. The molecule has 1 heterocycles. The highest BCUT2D eigenvalue weighted by Gasteiger charge is 2.11. The summed E-state index contributed by atoms with van der Waals surface area (Å²) >= 11 is 0. The minimum Gasteiger partial charge on any atom is -0.374 e. The molecule has 2 rings (SSSR count). The summed E-state index contributed by atoms with van der Waals surface area (Å²) in [4.78, 5) is 0. The third-order valence-electron chi connectivity index (χ3n) is 2.88. The van der Waals surface area contributed by atoms with Crippen LogP contribution >= 0.6 is 0 Å². The number of ether oxygens (including phenoxy) is 1. The highest BCUT2D eigenvalue weighted by Crippen LogP contribution is 2.02. The van der Waals surface area contributed by atoms with E-state index in [9.17, 15) is 4.39 Å².